The summed E-state index contributed by atoms with van der Waals surface area (Å²) in [6.07, 6.45) is -4.05. The van der Waals surface area contributed by atoms with Crippen molar-refractivity contribution in [2.75, 3.05) is 0 Å². The van der Waals surface area contributed by atoms with Crippen molar-refractivity contribution in [2.45, 2.75) is 39.1 Å². The summed E-state index contributed by atoms with van der Waals surface area (Å²) in [6, 6.07) is 17.0. The monoisotopic (exact) mass is 565 g/mol. The number of halogens is 3. The van der Waals surface area contributed by atoms with Gasteiger partial charge in [0.05, 0.1) is 23.4 Å². The smallest absolute Gasteiger partial charge is 0.416 e. The average molecular weight is 566 g/mol. The van der Waals surface area contributed by atoms with Crippen LogP contribution in [-0.4, -0.2) is 31.9 Å². The number of ether oxygens (including phenoxy) is 1. The van der Waals surface area contributed by atoms with E-state index in [2.05, 4.69) is 10.3 Å². The number of rotatable bonds is 8. The number of fused-ring (bicyclic) bond motifs is 1. The third-order valence-electron chi connectivity index (χ3n) is 7.50. The number of carboxylic acid groups (broad SMARTS) is 1. The van der Waals surface area contributed by atoms with Gasteiger partial charge < -0.3 is 9.84 Å². The molecule has 1 fully saturated rings. The summed E-state index contributed by atoms with van der Waals surface area (Å²) in [5.74, 6) is -3.55. The van der Waals surface area contributed by atoms with Gasteiger partial charge in [-0.05, 0) is 73.7 Å². The van der Waals surface area contributed by atoms with Crippen LogP contribution in [0.25, 0.3) is 10.9 Å². The fraction of sp³-hybridized carbons (Fsp3) is 0.300. The number of aliphatic carboxylic acids is 1. The molecule has 0 bridgehead atoms. The number of nitrogens with zero attached hydrogens (tertiary/aromatic N) is 3. The zero-order valence-electron chi connectivity index (χ0n) is 22.0. The molecule has 0 amide bonds. The average Bonchev–Trinajstić information content (AvgIpc) is 3.36. The summed E-state index contributed by atoms with van der Waals surface area (Å²) in [5.41, 5.74) is 0.655. The van der Waals surface area contributed by atoms with Crippen molar-refractivity contribution in [1.82, 2.24) is 15.0 Å². The number of ketones is 1. The van der Waals surface area contributed by atoms with Crippen LogP contribution < -0.4 is 10.3 Å². The minimum Gasteiger partial charge on any atom is -0.489 e. The first-order valence-corrected chi connectivity index (χ1v) is 13.0. The number of Topliss-reactive ketones (excluding diaryl/α,β-unsaturated/α-hetero) is 1. The topological polar surface area (TPSA) is 111 Å². The van der Waals surface area contributed by atoms with Gasteiger partial charge in [0, 0.05) is 11.5 Å². The highest BCUT2D eigenvalue weighted by atomic mass is 19.4. The van der Waals surface area contributed by atoms with E-state index in [9.17, 15) is 32.7 Å². The standard InChI is InChI=1S/C30H26F3N3O5/c1-17-3-2-4-18(13-17)16-41-22-9-5-19(6-10-22)27(37)23-11-7-20(26(23)29(39)40)15-36-28(38)24-14-21(30(31,32)33)8-12-25(24)34-35-36/h2-6,8-10,12-14,20,23,26H,7,11,15-16H2,1H3,(H,39,40)/t20-,23-,26-/m0/s1. The van der Waals surface area contributed by atoms with E-state index in [1.807, 2.05) is 31.2 Å². The third kappa shape index (κ3) is 5.98. The van der Waals surface area contributed by atoms with Gasteiger partial charge in [-0.2, -0.15) is 13.2 Å². The van der Waals surface area contributed by atoms with Crippen molar-refractivity contribution in [3.63, 3.8) is 0 Å². The van der Waals surface area contributed by atoms with E-state index in [1.165, 1.54) is 0 Å². The second-order valence-corrected chi connectivity index (χ2v) is 10.3. The van der Waals surface area contributed by atoms with E-state index in [0.717, 1.165) is 27.9 Å². The zero-order valence-corrected chi connectivity index (χ0v) is 22.0. The van der Waals surface area contributed by atoms with Gasteiger partial charge in [0.1, 0.15) is 17.9 Å². The van der Waals surface area contributed by atoms with Crippen LogP contribution in [0.15, 0.2) is 71.5 Å². The number of carbonyl (C=O) groups is 2. The van der Waals surface area contributed by atoms with Crippen LogP contribution in [0.2, 0.25) is 0 Å². The first kappa shape index (κ1) is 28.0. The predicted molar refractivity (Wildman–Crippen MR) is 142 cm³/mol. The highest BCUT2D eigenvalue weighted by molar-refractivity contribution is 6.00. The quantitative estimate of drug-likeness (QED) is 0.288. The molecule has 0 saturated heterocycles. The van der Waals surface area contributed by atoms with E-state index in [-0.39, 0.29) is 29.7 Å². The SMILES string of the molecule is Cc1cccc(COc2ccc(C(=O)[C@H]3CC[C@@H](Cn4nnc5ccc(C(F)(F)F)cc5c4=O)[C@@H]3C(=O)O)cc2)c1. The molecule has 0 radical (unpaired) electrons. The maximum atomic E-state index is 13.4. The summed E-state index contributed by atoms with van der Waals surface area (Å²) in [6.45, 7) is 2.15. The normalized spacial score (nSPS) is 18.9. The van der Waals surface area contributed by atoms with Gasteiger partial charge >= 0.3 is 12.1 Å². The van der Waals surface area contributed by atoms with Gasteiger partial charge in [0.15, 0.2) is 5.78 Å². The Balaban J connectivity index is 1.31. The zero-order chi connectivity index (χ0) is 29.3. The molecule has 1 aliphatic carbocycles. The second kappa shape index (κ2) is 11.1. The van der Waals surface area contributed by atoms with Gasteiger partial charge in [-0.1, -0.05) is 35.0 Å². The Morgan fingerprint density at radius 2 is 1.80 bits per heavy atom. The molecular weight excluding hydrogens is 539 g/mol. The number of hydrogen-bond acceptors (Lipinski definition) is 6. The molecule has 1 saturated carbocycles. The number of carboxylic acids is 1. The maximum Gasteiger partial charge on any atom is 0.416 e. The number of hydrogen-bond donors (Lipinski definition) is 1. The molecule has 4 aromatic rings. The highest BCUT2D eigenvalue weighted by Crippen LogP contribution is 2.40. The van der Waals surface area contributed by atoms with Crippen LogP contribution in [0.5, 0.6) is 5.75 Å². The van der Waals surface area contributed by atoms with E-state index >= 15 is 0 Å². The first-order valence-electron chi connectivity index (χ1n) is 13.0. The lowest BCUT2D eigenvalue weighted by Gasteiger charge is -2.20. The Morgan fingerprint density at radius 3 is 2.49 bits per heavy atom. The minimum atomic E-state index is -4.65. The van der Waals surface area contributed by atoms with Crippen molar-refractivity contribution in [2.24, 2.45) is 17.8 Å². The number of alkyl halides is 3. The van der Waals surface area contributed by atoms with Crippen LogP contribution in [0.1, 0.15) is 39.9 Å². The minimum absolute atomic E-state index is 0.000167. The predicted octanol–water partition coefficient (Wildman–Crippen LogP) is 5.31. The van der Waals surface area contributed by atoms with Crippen LogP contribution in [0.3, 0.4) is 0 Å². The van der Waals surface area contributed by atoms with Gasteiger partial charge in [-0.15, -0.1) is 5.10 Å². The van der Waals surface area contributed by atoms with Crippen molar-refractivity contribution < 1.29 is 32.6 Å². The summed E-state index contributed by atoms with van der Waals surface area (Å²) in [7, 11) is 0. The van der Waals surface area contributed by atoms with E-state index in [4.69, 9.17) is 4.74 Å². The Hall–Kier alpha value is -4.54. The van der Waals surface area contributed by atoms with Gasteiger partial charge in [0.2, 0.25) is 0 Å². The molecule has 1 aliphatic rings. The number of carbonyl (C=O) groups excluding carboxylic acids is 1. The van der Waals surface area contributed by atoms with Crippen molar-refractivity contribution in [3.05, 3.63) is 99.3 Å². The maximum absolute atomic E-state index is 13.4. The van der Waals surface area contributed by atoms with Gasteiger partial charge in [-0.25, -0.2) is 4.68 Å². The van der Waals surface area contributed by atoms with E-state index in [1.54, 1.807) is 24.3 Å². The lowest BCUT2D eigenvalue weighted by atomic mass is 9.84. The molecule has 3 aromatic carbocycles. The lowest BCUT2D eigenvalue weighted by molar-refractivity contribution is -0.144. The molecule has 11 heteroatoms. The number of benzene rings is 3. The molecule has 3 atom stereocenters. The first-order chi connectivity index (χ1) is 19.5. The lowest BCUT2D eigenvalue weighted by Crippen LogP contribution is -2.34. The second-order valence-electron chi connectivity index (χ2n) is 10.3. The molecule has 41 heavy (non-hydrogen) atoms. The molecule has 1 aromatic heterocycles. The molecular formula is C30H26F3N3O5. The van der Waals surface area contributed by atoms with Crippen LogP contribution in [0.4, 0.5) is 13.2 Å². The van der Waals surface area contributed by atoms with Gasteiger partial charge in [-0.3, -0.25) is 14.4 Å². The Bertz CT molecular complexity index is 1670. The fourth-order valence-electron chi connectivity index (χ4n) is 5.45. The van der Waals surface area contributed by atoms with Crippen LogP contribution in [-0.2, 0) is 24.1 Å². The van der Waals surface area contributed by atoms with E-state index < -0.39 is 41.0 Å². The largest absolute Gasteiger partial charge is 0.489 e. The molecule has 0 unspecified atom stereocenters. The summed E-state index contributed by atoms with van der Waals surface area (Å²) >= 11 is 0. The molecule has 0 aliphatic heterocycles. The fourth-order valence-corrected chi connectivity index (χ4v) is 5.45. The Kier molecular flexibility index (Phi) is 7.61. The molecule has 212 valence electrons. The molecule has 8 nitrogen and oxygen atoms in total. The summed E-state index contributed by atoms with van der Waals surface area (Å²) in [4.78, 5) is 38.6. The highest BCUT2D eigenvalue weighted by Gasteiger charge is 2.45. The molecule has 5 rings (SSSR count). The van der Waals surface area contributed by atoms with Crippen molar-refractivity contribution >= 4 is 22.7 Å². The molecule has 0 spiro atoms. The van der Waals surface area contributed by atoms with Gasteiger partial charge in [0.25, 0.3) is 5.56 Å². The summed E-state index contributed by atoms with van der Waals surface area (Å²) in [5, 5.41) is 17.4. The van der Waals surface area contributed by atoms with Crippen molar-refractivity contribution in [3.8, 4) is 5.75 Å². The number of aryl methyl sites for hydroxylation is 1. The van der Waals surface area contributed by atoms with Crippen molar-refractivity contribution in [1.29, 1.82) is 0 Å². The Morgan fingerprint density at radius 1 is 1.05 bits per heavy atom. The molecule has 1 heterocycles. The Labute approximate surface area is 232 Å². The molecule has 1 N–H and O–H groups in total. The van der Waals surface area contributed by atoms with Crippen LogP contribution >= 0.6 is 0 Å². The number of aromatic nitrogens is 3. The third-order valence-corrected chi connectivity index (χ3v) is 7.50. The van der Waals surface area contributed by atoms with Crippen LogP contribution in [0, 0.1) is 24.7 Å². The van der Waals surface area contributed by atoms with E-state index in [0.29, 0.717) is 30.4 Å². The summed E-state index contributed by atoms with van der Waals surface area (Å²) < 4.78 is 46.2.